The fourth-order valence-electron chi connectivity index (χ4n) is 3.18. The summed E-state index contributed by atoms with van der Waals surface area (Å²) in [6.45, 7) is 10.2. The van der Waals surface area contributed by atoms with Crippen molar-refractivity contribution in [3.05, 3.63) is 39.8 Å². The van der Waals surface area contributed by atoms with Gasteiger partial charge in [-0.25, -0.2) is 13.2 Å². The normalized spacial score (nSPS) is 11.4. The van der Waals surface area contributed by atoms with Crippen molar-refractivity contribution in [3.63, 3.8) is 0 Å². The van der Waals surface area contributed by atoms with Crippen molar-refractivity contribution in [2.24, 2.45) is 0 Å². The molecule has 2 amide bonds. The van der Waals surface area contributed by atoms with Crippen molar-refractivity contribution in [1.29, 1.82) is 0 Å². The number of carbonyl (C=O) groups is 3. The predicted molar refractivity (Wildman–Crippen MR) is 128 cm³/mol. The smallest absolute Gasteiger partial charge is 0.341 e. The average molecular weight is 496 g/mol. The molecule has 2 rings (SSSR count). The summed E-state index contributed by atoms with van der Waals surface area (Å²) in [6.07, 6.45) is 0. The van der Waals surface area contributed by atoms with Gasteiger partial charge in [-0.1, -0.05) is 19.9 Å². The van der Waals surface area contributed by atoms with E-state index in [0.717, 1.165) is 4.88 Å². The zero-order valence-corrected chi connectivity index (χ0v) is 21.2. The molecular weight excluding hydrogens is 466 g/mol. The summed E-state index contributed by atoms with van der Waals surface area (Å²) in [4.78, 5) is 37.3. The second kappa shape index (κ2) is 10.9. The number of amides is 2. The van der Waals surface area contributed by atoms with Crippen LogP contribution in [0.5, 0.6) is 0 Å². The van der Waals surface area contributed by atoms with Gasteiger partial charge in [0.25, 0.3) is 5.91 Å². The van der Waals surface area contributed by atoms with Gasteiger partial charge in [0, 0.05) is 30.6 Å². The largest absolute Gasteiger partial charge is 0.452 e. The minimum atomic E-state index is -3.71. The highest BCUT2D eigenvalue weighted by Gasteiger charge is 2.25. The summed E-state index contributed by atoms with van der Waals surface area (Å²) < 4.78 is 32.2. The van der Waals surface area contributed by atoms with E-state index in [4.69, 9.17) is 4.74 Å². The maximum atomic E-state index is 12.9. The third-order valence-corrected chi connectivity index (χ3v) is 8.32. The molecule has 0 fully saturated rings. The number of rotatable bonds is 9. The van der Waals surface area contributed by atoms with Crippen molar-refractivity contribution >= 4 is 49.8 Å². The Hall–Kier alpha value is -2.76. The summed E-state index contributed by atoms with van der Waals surface area (Å²) in [6, 6.07) is 4.58. The van der Waals surface area contributed by atoms with Gasteiger partial charge in [0.2, 0.25) is 15.9 Å². The molecule has 0 saturated heterocycles. The molecule has 0 aliphatic heterocycles. The molecule has 2 aromatic rings. The third-order valence-electron chi connectivity index (χ3n) is 5.01. The minimum absolute atomic E-state index is 0.102. The molecular formula is C22H29N3O6S2. The van der Waals surface area contributed by atoms with Crippen LogP contribution in [0.15, 0.2) is 23.1 Å². The van der Waals surface area contributed by atoms with E-state index in [2.05, 4.69) is 10.6 Å². The number of hydrogen-bond acceptors (Lipinski definition) is 7. The van der Waals surface area contributed by atoms with E-state index in [1.807, 2.05) is 6.92 Å². The van der Waals surface area contributed by atoms with Crippen molar-refractivity contribution in [1.82, 2.24) is 4.31 Å². The Morgan fingerprint density at radius 2 is 1.70 bits per heavy atom. The van der Waals surface area contributed by atoms with E-state index in [1.54, 1.807) is 39.8 Å². The van der Waals surface area contributed by atoms with Gasteiger partial charge < -0.3 is 15.4 Å². The minimum Gasteiger partial charge on any atom is -0.452 e. The lowest BCUT2D eigenvalue weighted by atomic mass is 10.1. The molecule has 0 aliphatic carbocycles. The molecule has 2 N–H and O–H groups in total. The van der Waals surface area contributed by atoms with E-state index < -0.39 is 28.5 Å². The maximum Gasteiger partial charge on any atom is 0.341 e. The van der Waals surface area contributed by atoms with Gasteiger partial charge in [0.1, 0.15) is 5.00 Å². The molecule has 180 valence electrons. The zero-order valence-electron chi connectivity index (χ0n) is 19.6. The number of aryl methyl sites for hydroxylation is 2. The van der Waals surface area contributed by atoms with Crippen LogP contribution < -0.4 is 10.6 Å². The van der Waals surface area contributed by atoms with Crippen LogP contribution in [0.2, 0.25) is 0 Å². The SMILES string of the molecule is CCN(CC)S(=O)(=O)c1cc(NC(=O)COC(=O)c2c(NC(C)=O)sc(C)c2C)ccc1C. The van der Waals surface area contributed by atoms with Gasteiger partial charge in [-0.05, 0) is 44.0 Å². The van der Waals surface area contributed by atoms with Crippen LogP contribution in [0, 0.1) is 20.8 Å². The maximum absolute atomic E-state index is 12.9. The average Bonchev–Trinajstić information content (AvgIpc) is 3.00. The summed E-state index contributed by atoms with van der Waals surface area (Å²) >= 11 is 1.25. The lowest BCUT2D eigenvalue weighted by molar-refractivity contribution is -0.119. The molecule has 9 nitrogen and oxygen atoms in total. The second-order valence-electron chi connectivity index (χ2n) is 7.36. The summed E-state index contributed by atoms with van der Waals surface area (Å²) in [5.74, 6) is -1.67. The third kappa shape index (κ3) is 6.18. The van der Waals surface area contributed by atoms with Crippen LogP contribution in [-0.4, -0.2) is 50.2 Å². The van der Waals surface area contributed by atoms with Crippen molar-refractivity contribution in [2.45, 2.75) is 46.4 Å². The Bertz CT molecular complexity index is 1170. The van der Waals surface area contributed by atoms with Crippen LogP contribution in [0.4, 0.5) is 10.7 Å². The molecule has 0 aliphatic rings. The number of carbonyl (C=O) groups excluding carboxylic acids is 3. The summed E-state index contributed by atoms with van der Waals surface area (Å²) in [5, 5.41) is 5.54. The highest BCUT2D eigenvalue weighted by Crippen LogP contribution is 2.33. The van der Waals surface area contributed by atoms with Crippen LogP contribution in [0.1, 0.15) is 47.1 Å². The standard InChI is InChI=1S/C22H29N3O6S2/c1-7-25(8-2)33(29,30)18-11-17(10-9-13(18)3)24-19(27)12-31-22(28)20-14(4)15(5)32-21(20)23-16(6)26/h9-11H,7-8,12H2,1-6H3,(H,23,26)(H,24,27). The first-order valence-electron chi connectivity index (χ1n) is 10.4. The monoisotopic (exact) mass is 495 g/mol. The quantitative estimate of drug-likeness (QED) is 0.514. The second-order valence-corrected chi connectivity index (χ2v) is 10.5. The Morgan fingerprint density at radius 3 is 2.27 bits per heavy atom. The fraction of sp³-hybridized carbons (Fsp3) is 0.409. The molecule has 1 aromatic carbocycles. The zero-order chi connectivity index (χ0) is 24.9. The molecule has 0 saturated carbocycles. The Kier molecular flexibility index (Phi) is 8.76. The number of benzene rings is 1. The Balaban J connectivity index is 2.14. The van der Waals surface area contributed by atoms with Crippen molar-refractivity contribution < 1.29 is 27.5 Å². The van der Waals surface area contributed by atoms with E-state index in [9.17, 15) is 22.8 Å². The Morgan fingerprint density at radius 1 is 1.06 bits per heavy atom. The first kappa shape index (κ1) is 26.5. The number of nitrogens with one attached hydrogen (secondary N) is 2. The van der Waals surface area contributed by atoms with Gasteiger partial charge >= 0.3 is 5.97 Å². The van der Waals surface area contributed by atoms with Crippen LogP contribution in [0.25, 0.3) is 0 Å². The van der Waals surface area contributed by atoms with Gasteiger partial charge in [0.15, 0.2) is 6.61 Å². The molecule has 1 aromatic heterocycles. The van der Waals surface area contributed by atoms with Crippen molar-refractivity contribution in [2.75, 3.05) is 30.3 Å². The molecule has 0 atom stereocenters. The number of hydrogen-bond donors (Lipinski definition) is 2. The number of nitrogens with zero attached hydrogens (tertiary/aromatic N) is 1. The molecule has 1 heterocycles. The molecule has 0 unspecified atom stereocenters. The van der Waals surface area contributed by atoms with Gasteiger partial charge in [0.05, 0.1) is 10.5 Å². The van der Waals surface area contributed by atoms with Gasteiger partial charge in [-0.3, -0.25) is 9.59 Å². The number of ether oxygens (including phenoxy) is 1. The van der Waals surface area contributed by atoms with E-state index >= 15 is 0 Å². The highest BCUT2D eigenvalue weighted by molar-refractivity contribution is 7.89. The first-order chi connectivity index (χ1) is 15.4. The van der Waals surface area contributed by atoms with Crippen LogP contribution in [0.3, 0.4) is 0 Å². The molecule has 0 radical (unpaired) electrons. The van der Waals surface area contributed by atoms with Gasteiger partial charge in [-0.15, -0.1) is 11.3 Å². The predicted octanol–water partition coefficient (Wildman–Crippen LogP) is 3.46. The van der Waals surface area contributed by atoms with E-state index in [-0.39, 0.29) is 22.1 Å². The highest BCUT2D eigenvalue weighted by atomic mass is 32.2. The van der Waals surface area contributed by atoms with Crippen LogP contribution in [-0.2, 0) is 24.3 Å². The Labute approximate surface area is 198 Å². The van der Waals surface area contributed by atoms with Crippen LogP contribution >= 0.6 is 11.3 Å². The number of esters is 1. The molecule has 0 spiro atoms. The topological polar surface area (TPSA) is 122 Å². The summed E-state index contributed by atoms with van der Waals surface area (Å²) in [7, 11) is -3.71. The number of thiophene rings is 1. The van der Waals surface area contributed by atoms with Gasteiger partial charge in [-0.2, -0.15) is 4.31 Å². The summed E-state index contributed by atoms with van der Waals surface area (Å²) in [5.41, 5.74) is 1.70. The first-order valence-corrected chi connectivity index (χ1v) is 12.6. The lowest BCUT2D eigenvalue weighted by Crippen LogP contribution is -2.31. The fourth-order valence-corrected chi connectivity index (χ4v) is 5.98. The van der Waals surface area contributed by atoms with E-state index in [0.29, 0.717) is 29.2 Å². The molecule has 0 bridgehead atoms. The number of sulfonamides is 1. The lowest BCUT2D eigenvalue weighted by Gasteiger charge is -2.20. The molecule has 11 heteroatoms. The van der Waals surface area contributed by atoms with E-state index in [1.165, 1.54) is 28.6 Å². The number of anilines is 2. The van der Waals surface area contributed by atoms with Crippen molar-refractivity contribution in [3.8, 4) is 0 Å². The molecule has 33 heavy (non-hydrogen) atoms.